The Kier molecular flexibility index (Phi) is 2.52. The summed E-state index contributed by atoms with van der Waals surface area (Å²) in [6.07, 6.45) is 2.01. The summed E-state index contributed by atoms with van der Waals surface area (Å²) in [4.78, 5) is 2.00. The summed E-state index contributed by atoms with van der Waals surface area (Å²) in [5.41, 5.74) is 1.14. The molecule has 2 atom stereocenters. The van der Waals surface area contributed by atoms with Gasteiger partial charge in [0, 0.05) is 26.2 Å². The summed E-state index contributed by atoms with van der Waals surface area (Å²) in [5, 5.41) is 9.21. The van der Waals surface area contributed by atoms with Crippen LogP contribution >= 0.6 is 0 Å². The molecular weight excluding hydrogens is 142 g/mol. The van der Waals surface area contributed by atoms with Gasteiger partial charge in [-0.1, -0.05) is 0 Å². The molecule has 0 unspecified atom stereocenters. The summed E-state index contributed by atoms with van der Waals surface area (Å²) in [7, 11) is 3.94. The molecule has 0 radical (unpaired) electrons. The van der Waals surface area contributed by atoms with Crippen LogP contribution in [0.3, 0.4) is 0 Å². The molecule has 3 heteroatoms. The van der Waals surface area contributed by atoms with E-state index >= 15 is 0 Å². The van der Waals surface area contributed by atoms with E-state index in [1.807, 2.05) is 32.0 Å². The Morgan fingerprint density at radius 3 is 2.73 bits per heavy atom. The molecule has 3 nitrogen and oxygen atoms in total. The molecule has 0 bridgehead atoms. The number of aliphatic hydroxyl groups is 1. The van der Waals surface area contributed by atoms with Gasteiger partial charge in [-0.2, -0.15) is 0 Å². The molecular formula is C8H15NO2. The summed E-state index contributed by atoms with van der Waals surface area (Å²) >= 11 is 0. The van der Waals surface area contributed by atoms with Gasteiger partial charge < -0.3 is 14.7 Å². The molecule has 0 aromatic heterocycles. The van der Waals surface area contributed by atoms with E-state index in [0.29, 0.717) is 6.42 Å². The molecule has 0 aliphatic carbocycles. The summed E-state index contributed by atoms with van der Waals surface area (Å²) < 4.78 is 5.12. The number of hydrogen-bond donors (Lipinski definition) is 1. The van der Waals surface area contributed by atoms with Crippen LogP contribution in [-0.4, -0.2) is 36.5 Å². The fraction of sp³-hybridized carbons (Fsp3) is 0.750. The Balaban J connectivity index is 2.64. The highest BCUT2D eigenvalue weighted by Crippen LogP contribution is 2.18. The Bertz CT molecular complexity index is 165. The highest BCUT2D eigenvalue weighted by molar-refractivity contribution is 5.05. The first-order valence-corrected chi connectivity index (χ1v) is 3.81. The molecule has 0 fully saturated rings. The minimum absolute atomic E-state index is 0.0242. The van der Waals surface area contributed by atoms with Gasteiger partial charge in [-0.3, -0.25) is 0 Å². The van der Waals surface area contributed by atoms with Crippen LogP contribution in [0.5, 0.6) is 0 Å². The van der Waals surface area contributed by atoms with Crippen LogP contribution in [0.4, 0.5) is 0 Å². The van der Waals surface area contributed by atoms with Crippen molar-refractivity contribution in [2.24, 2.45) is 0 Å². The van der Waals surface area contributed by atoms with Crippen LogP contribution in [0.1, 0.15) is 13.3 Å². The molecule has 0 saturated carbocycles. The highest BCUT2D eigenvalue weighted by Gasteiger charge is 2.18. The van der Waals surface area contributed by atoms with Crippen molar-refractivity contribution in [3.8, 4) is 0 Å². The second-order valence-corrected chi connectivity index (χ2v) is 3.05. The molecule has 1 aliphatic rings. The lowest BCUT2D eigenvalue weighted by atomic mass is 10.2. The maximum absolute atomic E-state index is 9.21. The van der Waals surface area contributed by atoms with E-state index in [9.17, 15) is 5.11 Å². The summed E-state index contributed by atoms with van der Waals surface area (Å²) in [6.45, 7) is 1.92. The van der Waals surface area contributed by atoms with Gasteiger partial charge in [0.05, 0.1) is 6.10 Å². The lowest BCUT2D eigenvalue weighted by molar-refractivity contribution is -0.126. The van der Waals surface area contributed by atoms with Gasteiger partial charge in [-0.25, -0.2) is 0 Å². The van der Waals surface area contributed by atoms with Gasteiger partial charge in [0.1, 0.15) is 0 Å². The molecule has 0 saturated heterocycles. The van der Waals surface area contributed by atoms with Crippen LogP contribution in [0, 0.1) is 0 Å². The molecule has 1 heterocycles. The molecule has 0 aromatic carbocycles. The van der Waals surface area contributed by atoms with Crippen molar-refractivity contribution in [3.63, 3.8) is 0 Å². The number of hydrogen-bond acceptors (Lipinski definition) is 3. The Hall–Kier alpha value is -0.540. The summed E-state index contributed by atoms with van der Waals surface area (Å²) in [6, 6.07) is 0. The van der Waals surface area contributed by atoms with Gasteiger partial charge in [0.15, 0.2) is 6.29 Å². The highest BCUT2D eigenvalue weighted by atomic mass is 16.6. The predicted molar refractivity (Wildman–Crippen MR) is 42.9 cm³/mol. The fourth-order valence-electron chi connectivity index (χ4n) is 1.18. The van der Waals surface area contributed by atoms with E-state index in [0.717, 1.165) is 5.70 Å². The normalized spacial score (nSPS) is 31.5. The standard InChI is InChI=1S/C8H15NO2/c1-6-4-7(9(2)3)5-8(10)11-6/h4,6,8,10H,5H2,1-3H3/t6-,8-/m1/s1. The second-order valence-electron chi connectivity index (χ2n) is 3.05. The lowest BCUT2D eigenvalue weighted by Gasteiger charge is -2.27. The third kappa shape index (κ3) is 2.20. The third-order valence-electron chi connectivity index (χ3n) is 1.76. The Labute approximate surface area is 67.3 Å². The van der Waals surface area contributed by atoms with E-state index in [4.69, 9.17) is 4.74 Å². The van der Waals surface area contributed by atoms with Crippen LogP contribution < -0.4 is 0 Å². The lowest BCUT2D eigenvalue weighted by Crippen LogP contribution is -2.28. The van der Waals surface area contributed by atoms with Crippen LogP contribution in [0.25, 0.3) is 0 Å². The van der Waals surface area contributed by atoms with Gasteiger partial charge >= 0.3 is 0 Å². The molecule has 0 spiro atoms. The minimum Gasteiger partial charge on any atom is -0.381 e. The quantitative estimate of drug-likeness (QED) is 0.603. The third-order valence-corrected chi connectivity index (χ3v) is 1.76. The van der Waals surface area contributed by atoms with Gasteiger partial charge in [-0.15, -0.1) is 0 Å². The van der Waals surface area contributed by atoms with E-state index in [1.54, 1.807) is 0 Å². The minimum atomic E-state index is -0.632. The predicted octanol–water partition coefficient (Wildman–Crippen LogP) is 0.559. The average molecular weight is 157 g/mol. The molecule has 11 heavy (non-hydrogen) atoms. The van der Waals surface area contributed by atoms with Crippen LogP contribution in [-0.2, 0) is 4.74 Å². The largest absolute Gasteiger partial charge is 0.381 e. The first-order valence-electron chi connectivity index (χ1n) is 3.81. The molecule has 64 valence electrons. The average Bonchev–Trinajstić information content (AvgIpc) is 1.85. The Morgan fingerprint density at radius 1 is 1.64 bits per heavy atom. The maximum atomic E-state index is 9.21. The number of rotatable bonds is 1. The monoisotopic (exact) mass is 157 g/mol. The zero-order valence-corrected chi connectivity index (χ0v) is 7.24. The van der Waals surface area contributed by atoms with Crippen molar-refractivity contribution in [3.05, 3.63) is 11.8 Å². The van der Waals surface area contributed by atoms with Crippen molar-refractivity contribution in [2.75, 3.05) is 14.1 Å². The van der Waals surface area contributed by atoms with Crippen molar-refractivity contribution in [1.29, 1.82) is 0 Å². The van der Waals surface area contributed by atoms with Gasteiger partial charge in [0.2, 0.25) is 0 Å². The zero-order valence-electron chi connectivity index (χ0n) is 7.24. The Morgan fingerprint density at radius 2 is 2.27 bits per heavy atom. The molecule has 0 aromatic rings. The molecule has 1 aliphatic heterocycles. The van der Waals surface area contributed by atoms with E-state index < -0.39 is 6.29 Å². The number of nitrogens with zero attached hydrogens (tertiary/aromatic N) is 1. The zero-order chi connectivity index (χ0) is 8.43. The smallest absolute Gasteiger partial charge is 0.160 e. The number of aliphatic hydroxyl groups excluding tert-OH is 1. The summed E-state index contributed by atoms with van der Waals surface area (Å²) in [5.74, 6) is 0. The van der Waals surface area contributed by atoms with Crippen molar-refractivity contribution >= 4 is 0 Å². The second kappa shape index (κ2) is 3.24. The van der Waals surface area contributed by atoms with Crippen molar-refractivity contribution < 1.29 is 9.84 Å². The van der Waals surface area contributed by atoms with Crippen molar-refractivity contribution in [1.82, 2.24) is 4.90 Å². The SMILES string of the molecule is C[C@@H]1C=C(N(C)C)C[C@H](O)O1. The molecule has 0 amide bonds. The first-order chi connectivity index (χ1) is 5.09. The fourth-order valence-corrected chi connectivity index (χ4v) is 1.18. The van der Waals surface area contributed by atoms with Crippen molar-refractivity contribution in [2.45, 2.75) is 25.7 Å². The molecule has 1 rings (SSSR count). The maximum Gasteiger partial charge on any atom is 0.160 e. The molecule has 1 N–H and O–H groups in total. The van der Waals surface area contributed by atoms with Gasteiger partial charge in [0.25, 0.3) is 0 Å². The number of ether oxygens (including phenoxy) is 1. The van der Waals surface area contributed by atoms with E-state index in [-0.39, 0.29) is 6.10 Å². The van der Waals surface area contributed by atoms with E-state index in [1.165, 1.54) is 0 Å². The van der Waals surface area contributed by atoms with Crippen LogP contribution in [0.2, 0.25) is 0 Å². The topological polar surface area (TPSA) is 32.7 Å². The van der Waals surface area contributed by atoms with Gasteiger partial charge in [-0.05, 0) is 13.0 Å². The first kappa shape index (κ1) is 8.56. The van der Waals surface area contributed by atoms with Crippen LogP contribution in [0.15, 0.2) is 11.8 Å². The van der Waals surface area contributed by atoms with E-state index in [2.05, 4.69) is 0 Å².